The molecule has 1 saturated carbocycles. The minimum atomic E-state index is -0.592. The van der Waals surface area contributed by atoms with Gasteiger partial charge in [-0.2, -0.15) is 0 Å². The fourth-order valence-electron chi connectivity index (χ4n) is 2.55. The molecule has 0 radical (unpaired) electrons. The first kappa shape index (κ1) is 14.3. The molecule has 0 spiro atoms. The molecule has 0 aliphatic heterocycles. The normalized spacial score (nSPS) is 15.7. The summed E-state index contributed by atoms with van der Waals surface area (Å²) in [4.78, 5) is 22.8. The van der Waals surface area contributed by atoms with E-state index in [9.17, 15) is 14.9 Å². The Hall–Kier alpha value is -2.15. The SMILES string of the molecule is NNc1cccc(C(=O)NC2CCCCC2)c1[N+](=O)[O-]. The van der Waals surface area contributed by atoms with Crippen LogP contribution in [-0.4, -0.2) is 16.9 Å². The lowest BCUT2D eigenvalue weighted by molar-refractivity contribution is -0.384. The monoisotopic (exact) mass is 278 g/mol. The predicted molar refractivity (Wildman–Crippen MR) is 75.2 cm³/mol. The van der Waals surface area contributed by atoms with Gasteiger partial charge in [0, 0.05) is 6.04 Å². The molecule has 2 rings (SSSR count). The van der Waals surface area contributed by atoms with E-state index >= 15 is 0 Å². The van der Waals surface area contributed by atoms with Crippen LogP contribution in [0.25, 0.3) is 0 Å². The molecule has 1 amide bonds. The Morgan fingerprint density at radius 1 is 1.30 bits per heavy atom. The van der Waals surface area contributed by atoms with Crippen molar-refractivity contribution in [3.8, 4) is 0 Å². The quantitative estimate of drug-likeness (QED) is 0.443. The van der Waals surface area contributed by atoms with Crippen molar-refractivity contribution in [2.24, 2.45) is 5.84 Å². The van der Waals surface area contributed by atoms with E-state index in [0.717, 1.165) is 25.7 Å². The Morgan fingerprint density at radius 2 is 2.00 bits per heavy atom. The third-order valence-electron chi connectivity index (χ3n) is 3.56. The van der Waals surface area contributed by atoms with Crippen molar-refractivity contribution in [2.45, 2.75) is 38.1 Å². The van der Waals surface area contributed by atoms with E-state index in [1.54, 1.807) is 6.07 Å². The summed E-state index contributed by atoms with van der Waals surface area (Å²) in [6, 6.07) is 4.58. The number of carbonyl (C=O) groups is 1. The van der Waals surface area contributed by atoms with Gasteiger partial charge in [0.05, 0.1) is 4.92 Å². The number of nitro benzene ring substituents is 1. The summed E-state index contributed by atoms with van der Waals surface area (Å²) in [6.45, 7) is 0. The molecule has 7 nitrogen and oxygen atoms in total. The van der Waals surface area contributed by atoms with Crippen LogP contribution < -0.4 is 16.6 Å². The third-order valence-corrected chi connectivity index (χ3v) is 3.56. The number of nitrogens with one attached hydrogen (secondary N) is 2. The standard InChI is InChI=1S/C13H18N4O3/c14-16-11-8-4-7-10(12(11)17(19)20)13(18)15-9-5-2-1-3-6-9/h4,7-9,16H,1-3,5-6,14H2,(H,15,18). The second-order valence-electron chi connectivity index (χ2n) is 4.91. The topological polar surface area (TPSA) is 110 Å². The van der Waals surface area contributed by atoms with Gasteiger partial charge in [-0.1, -0.05) is 25.3 Å². The molecule has 1 aliphatic rings. The summed E-state index contributed by atoms with van der Waals surface area (Å²) in [5, 5.41) is 14.0. The molecule has 108 valence electrons. The fourth-order valence-corrected chi connectivity index (χ4v) is 2.55. The molecule has 0 saturated heterocycles. The smallest absolute Gasteiger partial charge is 0.306 e. The number of anilines is 1. The molecule has 0 heterocycles. The number of amides is 1. The zero-order valence-corrected chi connectivity index (χ0v) is 11.1. The predicted octanol–water partition coefficient (Wildman–Crippen LogP) is 1.94. The van der Waals surface area contributed by atoms with Crippen molar-refractivity contribution < 1.29 is 9.72 Å². The lowest BCUT2D eigenvalue weighted by atomic mass is 9.95. The molecule has 0 bridgehead atoms. The number of carbonyl (C=O) groups excluding carboxylic acids is 1. The maximum Gasteiger partial charge on any atom is 0.306 e. The number of hydrazine groups is 1. The van der Waals surface area contributed by atoms with Crippen LogP contribution in [0.4, 0.5) is 11.4 Å². The highest BCUT2D eigenvalue weighted by molar-refractivity contribution is 6.00. The van der Waals surface area contributed by atoms with Crippen LogP contribution >= 0.6 is 0 Å². The summed E-state index contributed by atoms with van der Waals surface area (Å²) in [5.41, 5.74) is 2.13. The Balaban J connectivity index is 2.22. The number of para-hydroxylation sites is 1. The van der Waals surface area contributed by atoms with E-state index < -0.39 is 10.8 Å². The number of nitrogens with two attached hydrogens (primary N) is 1. The lowest BCUT2D eigenvalue weighted by Gasteiger charge is -2.22. The van der Waals surface area contributed by atoms with E-state index in [4.69, 9.17) is 5.84 Å². The van der Waals surface area contributed by atoms with Gasteiger partial charge in [-0.15, -0.1) is 0 Å². The van der Waals surface area contributed by atoms with Crippen molar-refractivity contribution >= 4 is 17.3 Å². The molecule has 0 atom stereocenters. The molecule has 7 heteroatoms. The van der Waals surface area contributed by atoms with Gasteiger partial charge in [0.1, 0.15) is 11.3 Å². The van der Waals surface area contributed by atoms with E-state index in [2.05, 4.69) is 10.7 Å². The van der Waals surface area contributed by atoms with Crippen LogP contribution in [0.1, 0.15) is 42.5 Å². The third kappa shape index (κ3) is 3.05. The number of nitrogens with zero attached hydrogens (tertiary/aromatic N) is 1. The van der Waals surface area contributed by atoms with Gasteiger partial charge in [0.2, 0.25) is 0 Å². The highest BCUT2D eigenvalue weighted by atomic mass is 16.6. The second kappa shape index (κ2) is 6.33. The number of nitro groups is 1. The molecule has 20 heavy (non-hydrogen) atoms. The fraction of sp³-hybridized carbons (Fsp3) is 0.462. The second-order valence-corrected chi connectivity index (χ2v) is 4.91. The van der Waals surface area contributed by atoms with E-state index in [1.807, 2.05) is 0 Å². The average Bonchev–Trinajstić information content (AvgIpc) is 2.47. The van der Waals surface area contributed by atoms with Crippen LogP contribution in [0.5, 0.6) is 0 Å². The van der Waals surface area contributed by atoms with Gasteiger partial charge in [0.15, 0.2) is 0 Å². The number of hydrogen-bond donors (Lipinski definition) is 3. The average molecular weight is 278 g/mol. The Kier molecular flexibility index (Phi) is 4.52. The number of benzene rings is 1. The molecular formula is C13H18N4O3. The van der Waals surface area contributed by atoms with Crippen molar-refractivity contribution in [3.05, 3.63) is 33.9 Å². The van der Waals surface area contributed by atoms with Gasteiger partial charge in [-0.05, 0) is 25.0 Å². The molecule has 1 aliphatic carbocycles. The maximum atomic E-state index is 12.2. The summed E-state index contributed by atoms with van der Waals surface area (Å²) in [5.74, 6) is 4.84. The van der Waals surface area contributed by atoms with E-state index in [0.29, 0.717) is 0 Å². The molecule has 0 aromatic heterocycles. The van der Waals surface area contributed by atoms with Crippen molar-refractivity contribution in [1.82, 2.24) is 5.32 Å². The summed E-state index contributed by atoms with van der Waals surface area (Å²) in [6.07, 6.45) is 5.19. The zero-order chi connectivity index (χ0) is 14.5. The van der Waals surface area contributed by atoms with Gasteiger partial charge >= 0.3 is 5.69 Å². The minimum absolute atomic E-state index is 0.0380. The molecular weight excluding hydrogens is 260 g/mol. The Bertz CT molecular complexity index is 512. The first-order chi connectivity index (χ1) is 9.63. The van der Waals surface area contributed by atoms with Crippen LogP contribution in [0.2, 0.25) is 0 Å². The van der Waals surface area contributed by atoms with E-state index in [-0.39, 0.29) is 23.0 Å². The van der Waals surface area contributed by atoms with Gasteiger partial charge in [-0.3, -0.25) is 20.8 Å². The summed E-state index contributed by atoms with van der Waals surface area (Å²) in [7, 11) is 0. The van der Waals surface area contributed by atoms with Gasteiger partial charge in [-0.25, -0.2) is 0 Å². The van der Waals surface area contributed by atoms with Crippen molar-refractivity contribution in [3.63, 3.8) is 0 Å². The first-order valence-electron chi connectivity index (χ1n) is 6.68. The molecule has 1 fully saturated rings. The largest absolute Gasteiger partial charge is 0.349 e. The van der Waals surface area contributed by atoms with Crippen LogP contribution in [0.15, 0.2) is 18.2 Å². The molecule has 0 unspecified atom stereocenters. The lowest BCUT2D eigenvalue weighted by Crippen LogP contribution is -2.36. The van der Waals surface area contributed by atoms with Crippen LogP contribution in [0, 0.1) is 10.1 Å². The Morgan fingerprint density at radius 3 is 2.60 bits per heavy atom. The highest BCUT2D eigenvalue weighted by Crippen LogP contribution is 2.28. The zero-order valence-electron chi connectivity index (χ0n) is 11.1. The minimum Gasteiger partial charge on any atom is -0.349 e. The van der Waals surface area contributed by atoms with Crippen molar-refractivity contribution in [1.29, 1.82) is 0 Å². The highest BCUT2D eigenvalue weighted by Gasteiger charge is 2.26. The number of nitrogen functional groups attached to an aromatic ring is 1. The van der Waals surface area contributed by atoms with E-state index in [1.165, 1.54) is 18.6 Å². The summed E-state index contributed by atoms with van der Waals surface area (Å²) < 4.78 is 0. The maximum absolute atomic E-state index is 12.2. The van der Waals surface area contributed by atoms with Gasteiger partial charge < -0.3 is 10.7 Å². The summed E-state index contributed by atoms with van der Waals surface area (Å²) >= 11 is 0. The van der Waals surface area contributed by atoms with Crippen LogP contribution in [-0.2, 0) is 0 Å². The first-order valence-corrected chi connectivity index (χ1v) is 6.68. The molecule has 1 aromatic carbocycles. The number of hydrogen-bond acceptors (Lipinski definition) is 5. The molecule has 1 aromatic rings. The van der Waals surface area contributed by atoms with Crippen LogP contribution in [0.3, 0.4) is 0 Å². The van der Waals surface area contributed by atoms with Crippen molar-refractivity contribution in [2.75, 3.05) is 5.43 Å². The van der Waals surface area contributed by atoms with Gasteiger partial charge in [0.25, 0.3) is 5.91 Å². The number of rotatable bonds is 4. The molecule has 4 N–H and O–H groups in total. The Labute approximate surface area is 116 Å².